The van der Waals surface area contributed by atoms with Crippen LogP contribution >= 0.6 is 22.9 Å². The van der Waals surface area contributed by atoms with Crippen LogP contribution in [0.2, 0.25) is 5.02 Å². The molecule has 1 aliphatic rings. The normalized spacial score (nSPS) is 15.3. The maximum Gasteiger partial charge on any atom is 0.363 e. The molecule has 4 rings (SSSR count). The maximum atomic E-state index is 12.0. The van der Waals surface area contributed by atoms with Crippen LogP contribution in [0.15, 0.2) is 70.7 Å². The first-order chi connectivity index (χ1) is 12.2. The van der Waals surface area contributed by atoms with E-state index in [9.17, 15) is 4.79 Å². The van der Waals surface area contributed by atoms with E-state index in [0.717, 1.165) is 16.1 Å². The molecule has 6 heteroatoms. The highest BCUT2D eigenvalue weighted by atomic mass is 35.5. The van der Waals surface area contributed by atoms with Gasteiger partial charge >= 0.3 is 5.97 Å². The minimum Gasteiger partial charge on any atom is -0.402 e. The zero-order valence-corrected chi connectivity index (χ0v) is 14.4. The van der Waals surface area contributed by atoms with Gasteiger partial charge in [-0.15, -0.1) is 11.3 Å². The van der Waals surface area contributed by atoms with Crippen LogP contribution in [0.4, 0.5) is 0 Å². The van der Waals surface area contributed by atoms with Gasteiger partial charge in [-0.1, -0.05) is 41.9 Å². The van der Waals surface area contributed by atoms with Gasteiger partial charge in [-0.25, -0.2) is 14.8 Å². The monoisotopic (exact) mass is 366 g/mol. The average Bonchev–Trinajstić information content (AvgIpc) is 3.24. The van der Waals surface area contributed by atoms with Gasteiger partial charge in [0.05, 0.1) is 5.69 Å². The zero-order valence-electron chi connectivity index (χ0n) is 12.8. The number of aliphatic imine (C=N–C) groups is 1. The van der Waals surface area contributed by atoms with Crippen LogP contribution in [0.25, 0.3) is 16.6 Å². The van der Waals surface area contributed by atoms with Crippen molar-refractivity contribution in [2.45, 2.75) is 0 Å². The van der Waals surface area contributed by atoms with Crippen LogP contribution in [-0.2, 0) is 9.53 Å². The van der Waals surface area contributed by atoms with Crippen molar-refractivity contribution in [3.05, 3.63) is 82.0 Å². The SMILES string of the molecule is O=C1OC(c2ccccc2)=N/C1=C\c1csc(-c2ccc(Cl)cc2)n1. The fraction of sp³-hybridized carbons (Fsp3) is 0. The van der Waals surface area contributed by atoms with Gasteiger partial charge in [0.1, 0.15) is 5.01 Å². The number of carbonyl (C=O) groups excluding carboxylic acids is 1. The van der Waals surface area contributed by atoms with Crippen molar-refractivity contribution in [1.82, 2.24) is 4.98 Å². The molecule has 2 aromatic carbocycles. The van der Waals surface area contributed by atoms with Crippen molar-refractivity contribution >= 4 is 40.9 Å². The number of benzene rings is 2. The summed E-state index contributed by atoms with van der Waals surface area (Å²) in [6, 6.07) is 16.8. The summed E-state index contributed by atoms with van der Waals surface area (Å²) in [5.74, 6) is -0.162. The molecule has 0 saturated carbocycles. The molecule has 0 atom stereocenters. The lowest BCUT2D eigenvalue weighted by Gasteiger charge is -1.97. The summed E-state index contributed by atoms with van der Waals surface area (Å²) in [5.41, 5.74) is 2.65. The predicted octanol–water partition coefficient (Wildman–Crippen LogP) is 4.81. The van der Waals surface area contributed by atoms with Crippen LogP contribution in [-0.4, -0.2) is 16.9 Å². The molecule has 0 radical (unpaired) electrons. The van der Waals surface area contributed by atoms with Gasteiger partial charge in [0.15, 0.2) is 5.70 Å². The van der Waals surface area contributed by atoms with Crippen molar-refractivity contribution in [2.75, 3.05) is 0 Å². The summed E-state index contributed by atoms with van der Waals surface area (Å²) in [6.45, 7) is 0. The van der Waals surface area contributed by atoms with Crippen LogP contribution in [0.1, 0.15) is 11.3 Å². The van der Waals surface area contributed by atoms with Crippen molar-refractivity contribution in [3.8, 4) is 10.6 Å². The molecule has 2 heterocycles. The third-order valence-electron chi connectivity index (χ3n) is 3.54. The van der Waals surface area contributed by atoms with E-state index in [1.807, 2.05) is 60.0 Å². The maximum absolute atomic E-state index is 12.0. The minimum absolute atomic E-state index is 0.242. The van der Waals surface area contributed by atoms with Gasteiger partial charge in [-0.3, -0.25) is 0 Å². The van der Waals surface area contributed by atoms with Gasteiger partial charge in [0.2, 0.25) is 5.90 Å². The van der Waals surface area contributed by atoms with Gasteiger partial charge < -0.3 is 4.74 Å². The van der Waals surface area contributed by atoms with Crippen LogP contribution in [0.5, 0.6) is 0 Å². The average molecular weight is 367 g/mol. The molecule has 0 spiro atoms. The lowest BCUT2D eigenvalue weighted by molar-refractivity contribution is -0.129. The van der Waals surface area contributed by atoms with E-state index < -0.39 is 5.97 Å². The Morgan fingerprint density at radius 2 is 1.76 bits per heavy atom. The molecule has 1 aromatic heterocycles. The molecule has 4 nitrogen and oxygen atoms in total. The Morgan fingerprint density at radius 1 is 1.00 bits per heavy atom. The molecule has 0 amide bonds. The van der Waals surface area contributed by atoms with Crippen molar-refractivity contribution in [2.24, 2.45) is 4.99 Å². The predicted molar refractivity (Wildman–Crippen MR) is 99.6 cm³/mol. The first-order valence-electron chi connectivity index (χ1n) is 7.48. The number of esters is 1. The van der Waals surface area contributed by atoms with Gasteiger partial charge in [-0.2, -0.15) is 0 Å². The van der Waals surface area contributed by atoms with E-state index in [2.05, 4.69) is 9.98 Å². The molecule has 25 heavy (non-hydrogen) atoms. The Kier molecular flexibility index (Phi) is 4.17. The van der Waals surface area contributed by atoms with Crippen LogP contribution in [0, 0.1) is 0 Å². The molecule has 0 N–H and O–H groups in total. The zero-order chi connectivity index (χ0) is 17.2. The number of hydrogen-bond acceptors (Lipinski definition) is 5. The van der Waals surface area contributed by atoms with E-state index >= 15 is 0 Å². The number of aromatic nitrogens is 1. The summed E-state index contributed by atoms with van der Waals surface area (Å²) in [6.07, 6.45) is 1.63. The third kappa shape index (κ3) is 3.38. The van der Waals surface area contributed by atoms with Crippen molar-refractivity contribution < 1.29 is 9.53 Å². The minimum atomic E-state index is -0.472. The van der Waals surface area contributed by atoms with E-state index in [1.165, 1.54) is 11.3 Å². The topological polar surface area (TPSA) is 51.5 Å². The number of cyclic esters (lactones) is 1. The van der Waals surface area contributed by atoms with Crippen molar-refractivity contribution in [3.63, 3.8) is 0 Å². The molecule has 122 valence electrons. The highest BCUT2D eigenvalue weighted by Crippen LogP contribution is 2.27. The molecule has 0 aliphatic carbocycles. The fourth-order valence-electron chi connectivity index (χ4n) is 2.33. The fourth-order valence-corrected chi connectivity index (χ4v) is 3.24. The molecule has 0 fully saturated rings. The number of thiazole rings is 1. The molecular weight excluding hydrogens is 356 g/mol. The lowest BCUT2D eigenvalue weighted by atomic mass is 10.2. The van der Waals surface area contributed by atoms with E-state index in [0.29, 0.717) is 16.6 Å². The summed E-state index contributed by atoms with van der Waals surface area (Å²) in [4.78, 5) is 20.8. The number of nitrogens with zero attached hydrogens (tertiary/aromatic N) is 2. The summed E-state index contributed by atoms with van der Waals surface area (Å²) in [7, 11) is 0. The van der Waals surface area contributed by atoms with Crippen LogP contribution < -0.4 is 0 Å². The summed E-state index contributed by atoms with van der Waals surface area (Å²) < 4.78 is 5.24. The lowest BCUT2D eigenvalue weighted by Crippen LogP contribution is -2.04. The Bertz CT molecular complexity index is 992. The molecule has 0 bridgehead atoms. The van der Waals surface area contributed by atoms with Crippen molar-refractivity contribution in [1.29, 1.82) is 0 Å². The Labute approximate surface area is 153 Å². The van der Waals surface area contributed by atoms with Gasteiger partial charge in [0, 0.05) is 21.5 Å². The molecular formula is C19H11ClN2O2S. The van der Waals surface area contributed by atoms with E-state index in [4.69, 9.17) is 16.3 Å². The Morgan fingerprint density at radius 3 is 2.52 bits per heavy atom. The number of rotatable bonds is 3. The largest absolute Gasteiger partial charge is 0.402 e. The Hall–Kier alpha value is -2.76. The standard InChI is InChI=1S/C19H11ClN2O2S/c20-14-8-6-13(7-9-14)18-21-15(11-25-18)10-16-19(23)24-17(22-16)12-4-2-1-3-5-12/h1-11H/b16-10-. The second-order valence-electron chi connectivity index (χ2n) is 5.29. The summed E-state index contributed by atoms with van der Waals surface area (Å²) in [5, 5.41) is 3.40. The van der Waals surface area contributed by atoms with Gasteiger partial charge in [-0.05, 0) is 30.3 Å². The molecule has 0 saturated heterocycles. The van der Waals surface area contributed by atoms with Crippen LogP contribution in [0.3, 0.4) is 0 Å². The quantitative estimate of drug-likeness (QED) is 0.493. The molecule has 3 aromatic rings. The second kappa shape index (κ2) is 6.63. The number of carbonyl (C=O) groups is 1. The van der Waals surface area contributed by atoms with Gasteiger partial charge in [0.25, 0.3) is 0 Å². The van der Waals surface area contributed by atoms with E-state index in [1.54, 1.807) is 6.08 Å². The molecule has 1 aliphatic heterocycles. The number of hydrogen-bond donors (Lipinski definition) is 0. The second-order valence-corrected chi connectivity index (χ2v) is 6.58. The third-order valence-corrected chi connectivity index (χ3v) is 4.70. The summed E-state index contributed by atoms with van der Waals surface area (Å²) >= 11 is 7.40. The first kappa shape index (κ1) is 15.7. The highest BCUT2D eigenvalue weighted by molar-refractivity contribution is 7.13. The smallest absolute Gasteiger partial charge is 0.363 e. The molecule has 0 unspecified atom stereocenters. The number of halogens is 1. The Balaban J connectivity index is 1.62. The number of ether oxygens (including phenoxy) is 1. The first-order valence-corrected chi connectivity index (χ1v) is 8.74. The van der Waals surface area contributed by atoms with E-state index in [-0.39, 0.29) is 5.70 Å². The highest BCUT2D eigenvalue weighted by Gasteiger charge is 2.24.